The Morgan fingerprint density at radius 2 is 2.18 bits per heavy atom. The molecule has 1 aliphatic carbocycles. The van der Waals surface area contributed by atoms with E-state index in [-0.39, 0.29) is 18.4 Å². The van der Waals surface area contributed by atoms with Crippen LogP contribution in [0, 0.1) is 5.92 Å². The zero-order chi connectivity index (χ0) is 12.3. The number of carboxylic acid groups (broad SMARTS) is 1. The number of carbonyl (C=O) groups excluding carboxylic acids is 1. The summed E-state index contributed by atoms with van der Waals surface area (Å²) in [6.45, 7) is -0.258. The molecule has 7 nitrogen and oxygen atoms in total. The molecule has 1 aromatic heterocycles. The van der Waals surface area contributed by atoms with Crippen LogP contribution in [0.2, 0.25) is 0 Å². The number of nitrogens with one attached hydrogen (secondary N) is 1. The maximum Gasteiger partial charge on any atom is 0.325 e. The molecule has 1 saturated carbocycles. The van der Waals surface area contributed by atoms with Crippen LogP contribution in [0.15, 0.2) is 6.20 Å². The maximum absolute atomic E-state index is 11.7. The molecule has 0 radical (unpaired) electrons. The van der Waals surface area contributed by atoms with Crippen LogP contribution in [0.1, 0.15) is 25.7 Å². The molecule has 0 aliphatic heterocycles. The molecule has 0 bridgehead atoms. The van der Waals surface area contributed by atoms with Crippen molar-refractivity contribution in [2.24, 2.45) is 5.92 Å². The number of rotatable bonds is 4. The molecule has 0 unspecified atom stereocenters. The second kappa shape index (κ2) is 4.94. The third-order valence-corrected chi connectivity index (χ3v) is 2.81. The summed E-state index contributed by atoms with van der Waals surface area (Å²) >= 11 is 0. The van der Waals surface area contributed by atoms with E-state index in [4.69, 9.17) is 5.11 Å². The quantitative estimate of drug-likeness (QED) is 0.795. The lowest BCUT2D eigenvalue weighted by Crippen LogP contribution is -2.20. The van der Waals surface area contributed by atoms with Gasteiger partial charge < -0.3 is 10.4 Å². The molecule has 1 aromatic rings. The second-order valence-electron chi connectivity index (χ2n) is 4.17. The highest BCUT2D eigenvalue weighted by molar-refractivity contribution is 5.91. The Labute approximate surface area is 97.8 Å². The highest BCUT2D eigenvalue weighted by Gasteiger charge is 2.23. The average Bonchev–Trinajstić information content (AvgIpc) is 2.87. The van der Waals surface area contributed by atoms with E-state index in [2.05, 4.69) is 15.6 Å². The molecule has 1 fully saturated rings. The highest BCUT2D eigenvalue weighted by atomic mass is 16.4. The Hall–Kier alpha value is -1.92. The van der Waals surface area contributed by atoms with Crippen molar-refractivity contribution in [1.29, 1.82) is 0 Å². The van der Waals surface area contributed by atoms with Crippen LogP contribution in [-0.4, -0.2) is 32.0 Å². The fourth-order valence-corrected chi connectivity index (χ4v) is 1.99. The summed E-state index contributed by atoms with van der Waals surface area (Å²) in [6, 6.07) is 0. The molecule has 0 saturated heterocycles. The Morgan fingerprint density at radius 3 is 2.82 bits per heavy atom. The number of carbonyl (C=O) groups is 2. The molecule has 0 atom stereocenters. The topological polar surface area (TPSA) is 97.1 Å². The van der Waals surface area contributed by atoms with E-state index in [9.17, 15) is 9.59 Å². The predicted octanol–water partition coefficient (Wildman–Crippen LogP) is 0.491. The van der Waals surface area contributed by atoms with Crippen molar-refractivity contribution in [1.82, 2.24) is 15.0 Å². The van der Waals surface area contributed by atoms with Crippen molar-refractivity contribution < 1.29 is 14.7 Å². The van der Waals surface area contributed by atoms with Gasteiger partial charge >= 0.3 is 5.97 Å². The molecule has 1 amide bonds. The summed E-state index contributed by atoms with van der Waals surface area (Å²) in [7, 11) is 0. The zero-order valence-corrected chi connectivity index (χ0v) is 9.30. The Balaban J connectivity index is 1.91. The molecule has 1 aliphatic rings. The van der Waals surface area contributed by atoms with E-state index in [1.807, 2.05) is 0 Å². The van der Waals surface area contributed by atoms with Gasteiger partial charge in [0, 0.05) is 5.92 Å². The van der Waals surface area contributed by atoms with Gasteiger partial charge in [-0.2, -0.15) is 0 Å². The summed E-state index contributed by atoms with van der Waals surface area (Å²) in [5.41, 5.74) is 0. The number of amides is 1. The number of hydrogen-bond donors (Lipinski definition) is 2. The SMILES string of the molecule is O=C(O)Cn1cc(NC(=O)C2CCCC2)nn1. The summed E-state index contributed by atoms with van der Waals surface area (Å²) in [6.07, 6.45) is 5.42. The van der Waals surface area contributed by atoms with Gasteiger partial charge in [0.15, 0.2) is 5.82 Å². The van der Waals surface area contributed by atoms with Gasteiger partial charge in [0.2, 0.25) is 5.91 Å². The minimum absolute atomic E-state index is 0.0510. The number of anilines is 1. The van der Waals surface area contributed by atoms with Crippen molar-refractivity contribution in [3.05, 3.63) is 6.20 Å². The van der Waals surface area contributed by atoms with Crippen LogP contribution in [-0.2, 0) is 16.1 Å². The van der Waals surface area contributed by atoms with Crippen LogP contribution in [0.4, 0.5) is 5.82 Å². The molecular weight excluding hydrogens is 224 g/mol. The van der Waals surface area contributed by atoms with Gasteiger partial charge in [-0.1, -0.05) is 18.1 Å². The summed E-state index contributed by atoms with van der Waals surface area (Å²) in [5.74, 6) is -0.684. The fraction of sp³-hybridized carbons (Fsp3) is 0.600. The summed E-state index contributed by atoms with van der Waals surface area (Å²) < 4.78 is 1.17. The van der Waals surface area contributed by atoms with E-state index >= 15 is 0 Å². The third kappa shape index (κ3) is 3.02. The largest absolute Gasteiger partial charge is 0.480 e. The maximum atomic E-state index is 11.7. The number of aliphatic carboxylic acids is 1. The van der Waals surface area contributed by atoms with Crippen LogP contribution < -0.4 is 5.32 Å². The van der Waals surface area contributed by atoms with Gasteiger partial charge in [-0.3, -0.25) is 9.59 Å². The molecule has 0 spiro atoms. The smallest absolute Gasteiger partial charge is 0.325 e. The van der Waals surface area contributed by atoms with Gasteiger partial charge in [-0.05, 0) is 12.8 Å². The van der Waals surface area contributed by atoms with Crippen LogP contribution in [0.25, 0.3) is 0 Å². The molecule has 7 heteroatoms. The molecule has 92 valence electrons. The van der Waals surface area contributed by atoms with E-state index in [1.54, 1.807) is 0 Å². The summed E-state index contributed by atoms with van der Waals surface area (Å²) in [5, 5.41) is 18.5. The lowest BCUT2D eigenvalue weighted by atomic mass is 10.1. The lowest BCUT2D eigenvalue weighted by molar-refractivity contribution is -0.137. The van der Waals surface area contributed by atoms with Crippen LogP contribution >= 0.6 is 0 Å². The Kier molecular flexibility index (Phi) is 3.36. The van der Waals surface area contributed by atoms with Gasteiger partial charge in [0.05, 0.1) is 6.20 Å². The highest BCUT2D eigenvalue weighted by Crippen LogP contribution is 2.25. The number of hydrogen-bond acceptors (Lipinski definition) is 4. The molecule has 0 aromatic carbocycles. The Bertz CT molecular complexity index is 423. The van der Waals surface area contributed by atoms with Crippen molar-refractivity contribution in [3.8, 4) is 0 Å². The van der Waals surface area contributed by atoms with Gasteiger partial charge in [0.25, 0.3) is 0 Å². The van der Waals surface area contributed by atoms with Crippen LogP contribution in [0.5, 0.6) is 0 Å². The first-order chi connectivity index (χ1) is 8.15. The molecule has 1 heterocycles. The Morgan fingerprint density at radius 1 is 1.47 bits per heavy atom. The number of carboxylic acids is 1. The normalized spacial score (nSPS) is 16.0. The fourth-order valence-electron chi connectivity index (χ4n) is 1.99. The standard InChI is InChI=1S/C10H14N4O3/c15-9(16)6-14-5-8(12-13-14)11-10(17)7-3-1-2-4-7/h5,7H,1-4,6H2,(H,11,17)(H,15,16). The van der Waals surface area contributed by atoms with Crippen molar-refractivity contribution >= 4 is 17.7 Å². The third-order valence-electron chi connectivity index (χ3n) is 2.81. The first-order valence-electron chi connectivity index (χ1n) is 5.58. The first kappa shape index (κ1) is 11.6. The van der Waals surface area contributed by atoms with E-state index in [0.717, 1.165) is 25.7 Å². The van der Waals surface area contributed by atoms with Gasteiger partial charge in [-0.25, -0.2) is 4.68 Å². The number of nitrogens with zero attached hydrogens (tertiary/aromatic N) is 3. The number of aromatic nitrogens is 3. The first-order valence-corrected chi connectivity index (χ1v) is 5.58. The molecule has 2 rings (SSSR count). The minimum atomic E-state index is -0.997. The van der Waals surface area contributed by atoms with Gasteiger partial charge in [-0.15, -0.1) is 5.10 Å². The monoisotopic (exact) mass is 238 g/mol. The zero-order valence-electron chi connectivity index (χ0n) is 9.30. The van der Waals surface area contributed by atoms with Gasteiger partial charge in [0.1, 0.15) is 6.54 Å². The van der Waals surface area contributed by atoms with Crippen molar-refractivity contribution in [2.45, 2.75) is 32.2 Å². The van der Waals surface area contributed by atoms with Crippen LogP contribution in [0.3, 0.4) is 0 Å². The van der Waals surface area contributed by atoms with E-state index in [1.165, 1.54) is 10.9 Å². The van der Waals surface area contributed by atoms with Crippen molar-refractivity contribution in [2.75, 3.05) is 5.32 Å². The molecule has 2 N–H and O–H groups in total. The summed E-state index contributed by atoms with van der Waals surface area (Å²) in [4.78, 5) is 22.2. The second-order valence-corrected chi connectivity index (χ2v) is 4.17. The van der Waals surface area contributed by atoms with E-state index in [0.29, 0.717) is 5.82 Å². The average molecular weight is 238 g/mol. The van der Waals surface area contributed by atoms with Crippen molar-refractivity contribution in [3.63, 3.8) is 0 Å². The van der Waals surface area contributed by atoms with E-state index < -0.39 is 5.97 Å². The molecule has 17 heavy (non-hydrogen) atoms. The molecular formula is C10H14N4O3. The lowest BCUT2D eigenvalue weighted by Gasteiger charge is -2.06. The predicted molar refractivity (Wildman–Crippen MR) is 58.2 cm³/mol. The minimum Gasteiger partial charge on any atom is -0.480 e.